The number of carboxylic acids is 1. The molecule has 0 saturated carbocycles. The minimum Gasteiger partial charge on any atom is -0.481 e. The number of aliphatic carboxylic acids is 1. The van der Waals surface area contributed by atoms with Crippen molar-refractivity contribution < 1.29 is 14.6 Å². The molecule has 1 N–H and O–H groups in total. The second kappa shape index (κ2) is 4.94. The summed E-state index contributed by atoms with van der Waals surface area (Å²) in [6.45, 7) is 5.66. The van der Waals surface area contributed by atoms with E-state index < -0.39 is 11.6 Å². The second-order valence-electron chi connectivity index (χ2n) is 4.76. The van der Waals surface area contributed by atoms with Gasteiger partial charge >= 0.3 is 5.97 Å². The fraction of sp³-hybridized carbons (Fsp3) is 0.909. The molecule has 0 bridgehead atoms. The highest BCUT2D eigenvalue weighted by atomic mass is 16.5. The van der Waals surface area contributed by atoms with Gasteiger partial charge in [0.05, 0.1) is 18.1 Å². The Bertz CT molecular complexity index is 226. The van der Waals surface area contributed by atoms with Gasteiger partial charge in [-0.05, 0) is 40.3 Å². The zero-order valence-electron chi connectivity index (χ0n) is 9.82. The Morgan fingerprint density at radius 1 is 1.60 bits per heavy atom. The summed E-state index contributed by atoms with van der Waals surface area (Å²) in [7, 11) is 2.01. The number of hydrogen-bond donors (Lipinski definition) is 1. The molecule has 1 fully saturated rings. The molecule has 0 amide bonds. The number of ether oxygens (including phenoxy) is 1. The molecular weight excluding hydrogens is 194 g/mol. The summed E-state index contributed by atoms with van der Waals surface area (Å²) in [5, 5.41) is 8.93. The number of piperidine rings is 1. The van der Waals surface area contributed by atoms with Crippen LogP contribution in [-0.4, -0.2) is 47.8 Å². The summed E-state index contributed by atoms with van der Waals surface area (Å²) in [5.41, 5.74) is -0.479. The smallest absolute Gasteiger partial charge is 0.306 e. The van der Waals surface area contributed by atoms with Crippen LogP contribution in [0.5, 0.6) is 0 Å². The fourth-order valence-corrected chi connectivity index (χ4v) is 2.38. The summed E-state index contributed by atoms with van der Waals surface area (Å²) in [6, 6.07) is 0. The van der Waals surface area contributed by atoms with E-state index in [0.717, 1.165) is 25.9 Å². The van der Waals surface area contributed by atoms with E-state index >= 15 is 0 Å². The predicted molar refractivity (Wildman–Crippen MR) is 57.9 cm³/mol. The molecule has 1 atom stereocenters. The van der Waals surface area contributed by atoms with E-state index in [0.29, 0.717) is 0 Å². The molecule has 1 aliphatic rings. The average molecular weight is 215 g/mol. The van der Waals surface area contributed by atoms with Crippen LogP contribution in [0.25, 0.3) is 0 Å². The van der Waals surface area contributed by atoms with E-state index in [1.807, 2.05) is 20.9 Å². The average Bonchev–Trinajstić information content (AvgIpc) is 1.99. The predicted octanol–water partition coefficient (Wildman–Crippen LogP) is 1.35. The quantitative estimate of drug-likeness (QED) is 0.769. The van der Waals surface area contributed by atoms with Crippen LogP contribution in [0.1, 0.15) is 33.1 Å². The normalized spacial score (nSPS) is 28.3. The molecule has 0 radical (unpaired) electrons. The lowest BCUT2D eigenvalue weighted by atomic mass is 9.89. The van der Waals surface area contributed by atoms with Crippen LogP contribution in [-0.2, 0) is 9.53 Å². The molecule has 1 heterocycles. The lowest BCUT2D eigenvalue weighted by Gasteiger charge is -2.41. The molecule has 15 heavy (non-hydrogen) atoms. The van der Waals surface area contributed by atoms with Gasteiger partial charge in [-0.15, -0.1) is 0 Å². The molecule has 88 valence electrons. The lowest BCUT2D eigenvalue weighted by Crippen LogP contribution is -2.50. The summed E-state index contributed by atoms with van der Waals surface area (Å²) in [5.74, 6) is -0.772. The SMILES string of the molecule is CC(C)OC1(CC(=O)O)CCCN(C)C1. The van der Waals surface area contributed by atoms with Crippen LogP contribution in [0, 0.1) is 0 Å². The van der Waals surface area contributed by atoms with Gasteiger partial charge in [0.1, 0.15) is 0 Å². The molecular formula is C11H21NO3. The van der Waals surface area contributed by atoms with Gasteiger partial charge < -0.3 is 14.7 Å². The van der Waals surface area contributed by atoms with Crippen LogP contribution in [0.2, 0.25) is 0 Å². The molecule has 0 aliphatic carbocycles. The van der Waals surface area contributed by atoms with Crippen molar-refractivity contribution in [1.82, 2.24) is 4.90 Å². The first kappa shape index (κ1) is 12.5. The molecule has 0 spiro atoms. The van der Waals surface area contributed by atoms with Crippen molar-refractivity contribution in [2.24, 2.45) is 0 Å². The van der Waals surface area contributed by atoms with Gasteiger partial charge in [-0.2, -0.15) is 0 Å². The Labute approximate surface area is 91.2 Å². The fourth-order valence-electron chi connectivity index (χ4n) is 2.38. The largest absolute Gasteiger partial charge is 0.481 e. The highest BCUT2D eigenvalue weighted by Crippen LogP contribution is 2.29. The Kier molecular flexibility index (Phi) is 4.11. The third kappa shape index (κ3) is 3.80. The number of nitrogens with zero attached hydrogens (tertiary/aromatic N) is 1. The first-order chi connectivity index (χ1) is 6.93. The first-order valence-corrected chi connectivity index (χ1v) is 5.52. The molecule has 1 aliphatic heterocycles. The number of hydrogen-bond acceptors (Lipinski definition) is 3. The topological polar surface area (TPSA) is 49.8 Å². The maximum absolute atomic E-state index is 10.9. The van der Waals surface area contributed by atoms with Gasteiger partial charge in [-0.3, -0.25) is 4.79 Å². The van der Waals surface area contributed by atoms with Gasteiger partial charge in [0.2, 0.25) is 0 Å². The monoisotopic (exact) mass is 215 g/mol. The van der Waals surface area contributed by atoms with Crippen molar-refractivity contribution in [3.8, 4) is 0 Å². The Morgan fingerprint density at radius 2 is 2.27 bits per heavy atom. The van der Waals surface area contributed by atoms with Gasteiger partial charge in [-0.1, -0.05) is 0 Å². The van der Waals surface area contributed by atoms with Gasteiger partial charge in [0, 0.05) is 6.54 Å². The van der Waals surface area contributed by atoms with Crippen molar-refractivity contribution in [3.63, 3.8) is 0 Å². The third-order valence-corrected chi connectivity index (χ3v) is 2.69. The van der Waals surface area contributed by atoms with E-state index in [1.165, 1.54) is 0 Å². The highest BCUT2D eigenvalue weighted by Gasteiger charge is 2.38. The minimum absolute atomic E-state index is 0.0795. The molecule has 4 nitrogen and oxygen atoms in total. The maximum atomic E-state index is 10.9. The van der Waals surface area contributed by atoms with Gasteiger partial charge in [0.25, 0.3) is 0 Å². The van der Waals surface area contributed by atoms with Gasteiger partial charge in [0.15, 0.2) is 0 Å². The lowest BCUT2D eigenvalue weighted by molar-refractivity contribution is -0.156. The number of rotatable bonds is 4. The van der Waals surface area contributed by atoms with Crippen molar-refractivity contribution in [2.45, 2.75) is 44.8 Å². The molecule has 4 heteroatoms. The molecule has 1 saturated heterocycles. The number of likely N-dealkylation sites (N-methyl/N-ethyl adjacent to an activating group) is 1. The van der Waals surface area contributed by atoms with Crippen molar-refractivity contribution in [3.05, 3.63) is 0 Å². The highest BCUT2D eigenvalue weighted by molar-refractivity contribution is 5.68. The van der Waals surface area contributed by atoms with Crippen molar-refractivity contribution in [1.29, 1.82) is 0 Å². The molecule has 0 aromatic rings. The molecule has 0 aromatic heterocycles. The summed E-state index contributed by atoms with van der Waals surface area (Å²) < 4.78 is 5.84. The van der Waals surface area contributed by atoms with Crippen molar-refractivity contribution >= 4 is 5.97 Å². The number of carboxylic acid groups (broad SMARTS) is 1. The Hall–Kier alpha value is -0.610. The standard InChI is InChI=1S/C11H21NO3/c1-9(2)15-11(7-10(13)14)5-4-6-12(3)8-11/h9H,4-8H2,1-3H3,(H,13,14). The van der Waals surface area contributed by atoms with E-state index in [-0.39, 0.29) is 12.5 Å². The van der Waals surface area contributed by atoms with Crippen LogP contribution in [0.4, 0.5) is 0 Å². The number of carbonyl (C=O) groups is 1. The van der Waals surface area contributed by atoms with E-state index in [2.05, 4.69) is 4.90 Å². The van der Waals surface area contributed by atoms with E-state index in [4.69, 9.17) is 9.84 Å². The molecule has 1 unspecified atom stereocenters. The maximum Gasteiger partial charge on any atom is 0.306 e. The Morgan fingerprint density at radius 3 is 2.73 bits per heavy atom. The van der Waals surface area contributed by atoms with Gasteiger partial charge in [-0.25, -0.2) is 0 Å². The van der Waals surface area contributed by atoms with Crippen LogP contribution < -0.4 is 0 Å². The van der Waals surface area contributed by atoms with Crippen molar-refractivity contribution in [2.75, 3.05) is 20.1 Å². The minimum atomic E-state index is -0.772. The summed E-state index contributed by atoms with van der Waals surface area (Å²) in [6.07, 6.45) is 2.05. The van der Waals surface area contributed by atoms with Crippen LogP contribution in [0.15, 0.2) is 0 Å². The van der Waals surface area contributed by atoms with Crippen LogP contribution in [0.3, 0.4) is 0 Å². The number of likely N-dealkylation sites (tertiary alicyclic amines) is 1. The molecule has 0 aromatic carbocycles. The first-order valence-electron chi connectivity index (χ1n) is 5.52. The summed E-state index contributed by atoms with van der Waals surface area (Å²) in [4.78, 5) is 13.0. The zero-order valence-corrected chi connectivity index (χ0v) is 9.82. The zero-order chi connectivity index (χ0) is 11.5. The molecule has 1 rings (SSSR count). The third-order valence-electron chi connectivity index (χ3n) is 2.69. The van der Waals surface area contributed by atoms with E-state index in [1.54, 1.807) is 0 Å². The second-order valence-corrected chi connectivity index (χ2v) is 4.76. The van der Waals surface area contributed by atoms with Crippen LogP contribution >= 0.6 is 0 Å². The summed E-state index contributed by atoms with van der Waals surface area (Å²) >= 11 is 0. The Balaban J connectivity index is 2.70. The van der Waals surface area contributed by atoms with E-state index in [9.17, 15) is 4.79 Å².